The van der Waals surface area contributed by atoms with Crippen LogP contribution in [0.2, 0.25) is 0 Å². The van der Waals surface area contributed by atoms with Crippen LogP contribution in [0.3, 0.4) is 0 Å². The summed E-state index contributed by atoms with van der Waals surface area (Å²) < 4.78 is 37.9. The average molecular weight is 377 g/mol. The van der Waals surface area contributed by atoms with Crippen LogP contribution in [0, 0.1) is 21.4 Å². The number of pyridine rings is 1. The molecule has 1 fully saturated rings. The maximum Gasteiger partial charge on any atom is 0.417 e. The Kier molecular flexibility index (Phi) is 4.85. The number of nitro benzene ring substituents is 1. The Labute approximate surface area is 152 Å². The van der Waals surface area contributed by atoms with E-state index in [9.17, 15) is 23.3 Å². The van der Waals surface area contributed by atoms with Gasteiger partial charge in [-0.1, -0.05) is 0 Å². The standard InChI is InChI=1S/C17H14F3N5O2/c18-17(19,20)13-2-4-16(22-11-13)24-7-5-23(6-8-24)14-3-1-12(10-21)9-15(14)25(26)27/h1-4,9,11H,5-8H2. The molecule has 3 rings (SSSR count). The number of aromatic nitrogens is 1. The fourth-order valence-corrected chi connectivity index (χ4v) is 2.92. The van der Waals surface area contributed by atoms with Crippen molar-refractivity contribution >= 4 is 17.2 Å². The molecule has 10 heteroatoms. The monoisotopic (exact) mass is 377 g/mol. The average Bonchev–Trinajstić information content (AvgIpc) is 2.67. The Morgan fingerprint density at radius 3 is 2.30 bits per heavy atom. The predicted molar refractivity (Wildman–Crippen MR) is 91.5 cm³/mol. The summed E-state index contributed by atoms with van der Waals surface area (Å²) in [5.41, 5.74) is -0.328. The molecule has 1 saturated heterocycles. The molecule has 1 aromatic heterocycles. The second-order valence-corrected chi connectivity index (χ2v) is 5.95. The minimum atomic E-state index is -4.43. The number of nitriles is 1. The Bertz CT molecular complexity index is 885. The molecule has 0 saturated carbocycles. The van der Waals surface area contributed by atoms with Crippen molar-refractivity contribution in [2.45, 2.75) is 6.18 Å². The zero-order valence-corrected chi connectivity index (χ0v) is 14.0. The van der Waals surface area contributed by atoms with Gasteiger partial charge < -0.3 is 9.80 Å². The highest BCUT2D eigenvalue weighted by atomic mass is 19.4. The van der Waals surface area contributed by atoms with Crippen molar-refractivity contribution in [1.82, 2.24) is 4.98 Å². The lowest BCUT2D eigenvalue weighted by Crippen LogP contribution is -2.47. The maximum atomic E-state index is 12.6. The van der Waals surface area contributed by atoms with Crippen LogP contribution in [-0.4, -0.2) is 36.1 Å². The van der Waals surface area contributed by atoms with E-state index in [1.807, 2.05) is 15.9 Å². The zero-order valence-electron chi connectivity index (χ0n) is 14.0. The first kappa shape index (κ1) is 18.4. The van der Waals surface area contributed by atoms with E-state index in [4.69, 9.17) is 5.26 Å². The molecular weight excluding hydrogens is 363 g/mol. The largest absolute Gasteiger partial charge is 0.417 e. The van der Waals surface area contributed by atoms with Crippen molar-refractivity contribution in [3.63, 3.8) is 0 Å². The fourth-order valence-electron chi connectivity index (χ4n) is 2.92. The molecule has 0 unspecified atom stereocenters. The summed E-state index contributed by atoms with van der Waals surface area (Å²) in [6, 6.07) is 8.48. The van der Waals surface area contributed by atoms with Gasteiger partial charge >= 0.3 is 6.18 Å². The first-order valence-electron chi connectivity index (χ1n) is 8.01. The summed E-state index contributed by atoms with van der Waals surface area (Å²) in [5.74, 6) is 0.428. The smallest absolute Gasteiger partial charge is 0.362 e. The first-order chi connectivity index (χ1) is 12.8. The molecule has 2 heterocycles. The van der Waals surface area contributed by atoms with E-state index in [-0.39, 0.29) is 11.3 Å². The second kappa shape index (κ2) is 7.11. The lowest BCUT2D eigenvalue weighted by atomic mass is 10.1. The molecule has 0 spiro atoms. The van der Waals surface area contributed by atoms with Crippen molar-refractivity contribution in [2.75, 3.05) is 36.0 Å². The number of benzene rings is 1. The summed E-state index contributed by atoms with van der Waals surface area (Å²) in [6.07, 6.45) is -3.63. The van der Waals surface area contributed by atoms with Gasteiger partial charge in [0.05, 0.1) is 22.1 Å². The van der Waals surface area contributed by atoms with Gasteiger partial charge in [-0.3, -0.25) is 10.1 Å². The highest BCUT2D eigenvalue weighted by Gasteiger charge is 2.31. The SMILES string of the molecule is N#Cc1ccc(N2CCN(c3ccc(C(F)(F)F)cn3)CC2)c([N+](=O)[O-])c1. The van der Waals surface area contributed by atoms with Gasteiger partial charge in [0.1, 0.15) is 11.5 Å². The van der Waals surface area contributed by atoms with Gasteiger partial charge in [-0.15, -0.1) is 0 Å². The number of piperazine rings is 1. The predicted octanol–water partition coefficient (Wildman–Crippen LogP) is 3.21. The van der Waals surface area contributed by atoms with E-state index in [0.29, 0.717) is 37.7 Å². The molecule has 0 N–H and O–H groups in total. The van der Waals surface area contributed by atoms with Crippen LogP contribution in [0.1, 0.15) is 11.1 Å². The Morgan fingerprint density at radius 1 is 1.11 bits per heavy atom. The zero-order chi connectivity index (χ0) is 19.6. The highest BCUT2D eigenvalue weighted by Crippen LogP contribution is 2.31. The minimum Gasteiger partial charge on any atom is -0.362 e. The molecule has 1 aliphatic rings. The topological polar surface area (TPSA) is 86.3 Å². The molecule has 7 nitrogen and oxygen atoms in total. The summed E-state index contributed by atoms with van der Waals surface area (Å²) in [5, 5.41) is 20.2. The summed E-state index contributed by atoms with van der Waals surface area (Å²) in [7, 11) is 0. The summed E-state index contributed by atoms with van der Waals surface area (Å²) in [6.45, 7) is 1.79. The van der Waals surface area contributed by atoms with Crippen LogP contribution in [-0.2, 0) is 6.18 Å². The van der Waals surface area contributed by atoms with E-state index in [2.05, 4.69) is 4.98 Å². The molecule has 0 amide bonds. The molecular formula is C17H14F3N5O2. The molecule has 27 heavy (non-hydrogen) atoms. The second-order valence-electron chi connectivity index (χ2n) is 5.95. The van der Waals surface area contributed by atoms with Crippen LogP contribution in [0.5, 0.6) is 0 Å². The number of hydrogen-bond acceptors (Lipinski definition) is 6. The molecule has 2 aromatic rings. The molecule has 0 bridgehead atoms. The quantitative estimate of drug-likeness (QED) is 0.603. The number of nitro groups is 1. The van der Waals surface area contributed by atoms with Crippen LogP contribution < -0.4 is 9.80 Å². The minimum absolute atomic E-state index is 0.143. The fraction of sp³-hybridized carbons (Fsp3) is 0.294. The number of hydrogen-bond donors (Lipinski definition) is 0. The van der Waals surface area contributed by atoms with E-state index in [1.165, 1.54) is 18.2 Å². The van der Waals surface area contributed by atoms with Crippen molar-refractivity contribution < 1.29 is 18.1 Å². The lowest BCUT2D eigenvalue weighted by Gasteiger charge is -2.36. The van der Waals surface area contributed by atoms with E-state index in [1.54, 1.807) is 6.07 Å². The third kappa shape index (κ3) is 3.92. The van der Waals surface area contributed by atoms with Crippen LogP contribution in [0.15, 0.2) is 36.5 Å². The number of anilines is 2. The van der Waals surface area contributed by atoms with Crippen molar-refractivity contribution in [3.8, 4) is 6.07 Å². The van der Waals surface area contributed by atoms with Gasteiger partial charge in [0.25, 0.3) is 5.69 Å². The summed E-state index contributed by atoms with van der Waals surface area (Å²) in [4.78, 5) is 18.3. The molecule has 1 aliphatic heterocycles. The molecule has 0 radical (unpaired) electrons. The number of halogens is 3. The van der Waals surface area contributed by atoms with E-state index < -0.39 is 16.7 Å². The van der Waals surface area contributed by atoms with Gasteiger partial charge in [0.15, 0.2) is 0 Å². The highest BCUT2D eigenvalue weighted by molar-refractivity contribution is 5.66. The maximum absolute atomic E-state index is 12.6. The summed E-state index contributed by atoms with van der Waals surface area (Å²) >= 11 is 0. The molecule has 0 atom stereocenters. The van der Waals surface area contributed by atoms with Crippen LogP contribution >= 0.6 is 0 Å². The van der Waals surface area contributed by atoms with Crippen molar-refractivity contribution in [2.24, 2.45) is 0 Å². The van der Waals surface area contributed by atoms with Gasteiger partial charge in [-0.2, -0.15) is 18.4 Å². The molecule has 140 valence electrons. The molecule has 0 aliphatic carbocycles. The van der Waals surface area contributed by atoms with Crippen LogP contribution in [0.4, 0.5) is 30.4 Å². The Hall–Kier alpha value is -3.35. The van der Waals surface area contributed by atoms with Crippen molar-refractivity contribution in [1.29, 1.82) is 5.26 Å². The van der Waals surface area contributed by atoms with E-state index in [0.717, 1.165) is 12.3 Å². The van der Waals surface area contributed by atoms with Crippen molar-refractivity contribution in [3.05, 3.63) is 57.8 Å². The lowest BCUT2D eigenvalue weighted by molar-refractivity contribution is -0.384. The van der Waals surface area contributed by atoms with Gasteiger partial charge in [-0.05, 0) is 24.3 Å². The Morgan fingerprint density at radius 2 is 1.78 bits per heavy atom. The van der Waals surface area contributed by atoms with Gasteiger partial charge in [0, 0.05) is 38.4 Å². The molecule has 1 aromatic carbocycles. The third-order valence-electron chi connectivity index (χ3n) is 4.32. The first-order valence-corrected chi connectivity index (χ1v) is 8.01. The normalized spacial score (nSPS) is 14.7. The van der Waals surface area contributed by atoms with E-state index >= 15 is 0 Å². The number of nitrogens with zero attached hydrogens (tertiary/aromatic N) is 5. The van der Waals surface area contributed by atoms with Crippen LogP contribution in [0.25, 0.3) is 0 Å². The number of rotatable bonds is 3. The third-order valence-corrected chi connectivity index (χ3v) is 4.32. The Balaban J connectivity index is 1.73. The number of alkyl halides is 3. The van der Waals surface area contributed by atoms with Gasteiger partial charge in [-0.25, -0.2) is 4.98 Å². The van der Waals surface area contributed by atoms with Gasteiger partial charge in [0.2, 0.25) is 0 Å².